The molecule has 0 bridgehead atoms. The van der Waals surface area contributed by atoms with E-state index in [0.29, 0.717) is 18.3 Å². The molecule has 2 unspecified atom stereocenters. The number of carbonyl (C=O) groups is 1. The van der Waals surface area contributed by atoms with E-state index in [9.17, 15) is 9.90 Å². The van der Waals surface area contributed by atoms with E-state index in [-0.39, 0.29) is 11.9 Å². The van der Waals surface area contributed by atoms with Crippen LogP contribution < -0.4 is 0 Å². The summed E-state index contributed by atoms with van der Waals surface area (Å²) in [4.78, 5) is 12.0. The summed E-state index contributed by atoms with van der Waals surface area (Å²) in [5.41, 5.74) is 2.48. The number of aromatic hydroxyl groups is 1. The third-order valence-electron chi connectivity index (χ3n) is 3.92. The first-order valence-electron chi connectivity index (χ1n) is 7.33. The molecule has 112 valence electrons. The van der Waals surface area contributed by atoms with Crippen molar-refractivity contribution in [2.45, 2.75) is 53.4 Å². The second-order valence-electron chi connectivity index (χ2n) is 5.69. The number of carbonyl (C=O) groups excluding carboxylic acids is 1. The number of aryl methyl sites for hydroxylation is 2. The number of phenols is 1. The van der Waals surface area contributed by atoms with Crippen molar-refractivity contribution in [3.63, 3.8) is 0 Å². The summed E-state index contributed by atoms with van der Waals surface area (Å²) >= 11 is 0. The molecule has 3 nitrogen and oxygen atoms in total. The molecule has 0 aliphatic rings. The Kier molecular flexibility index (Phi) is 6.05. The number of esters is 1. The van der Waals surface area contributed by atoms with Gasteiger partial charge < -0.3 is 9.84 Å². The standard InChI is InChI=1S/C17H26O3/c1-6-11(2)7-8-20-17(19)14(5)15-9-12(3)16(18)13(4)10-15/h9-11,14,18H,6-8H2,1-5H3. The van der Waals surface area contributed by atoms with E-state index in [1.165, 1.54) is 0 Å². The molecule has 1 rings (SSSR count). The third-order valence-corrected chi connectivity index (χ3v) is 3.92. The van der Waals surface area contributed by atoms with E-state index in [1.54, 1.807) is 0 Å². The van der Waals surface area contributed by atoms with Crippen molar-refractivity contribution < 1.29 is 14.6 Å². The molecule has 0 saturated carbocycles. The minimum Gasteiger partial charge on any atom is -0.507 e. The number of phenolic OH excluding ortho intramolecular Hbond substituents is 1. The second-order valence-corrected chi connectivity index (χ2v) is 5.69. The van der Waals surface area contributed by atoms with Gasteiger partial charge in [0.2, 0.25) is 0 Å². The number of rotatable bonds is 6. The van der Waals surface area contributed by atoms with Gasteiger partial charge in [-0.05, 0) is 49.8 Å². The highest BCUT2D eigenvalue weighted by Crippen LogP contribution is 2.27. The van der Waals surface area contributed by atoms with E-state index in [2.05, 4.69) is 13.8 Å². The van der Waals surface area contributed by atoms with Gasteiger partial charge in [-0.3, -0.25) is 4.79 Å². The summed E-state index contributed by atoms with van der Waals surface area (Å²) < 4.78 is 5.34. The van der Waals surface area contributed by atoms with Crippen molar-refractivity contribution in [2.75, 3.05) is 6.61 Å². The van der Waals surface area contributed by atoms with Gasteiger partial charge >= 0.3 is 5.97 Å². The molecule has 1 N–H and O–H groups in total. The Hall–Kier alpha value is -1.51. The Balaban J connectivity index is 2.65. The molecule has 0 aliphatic carbocycles. The Morgan fingerprint density at radius 3 is 2.30 bits per heavy atom. The lowest BCUT2D eigenvalue weighted by molar-refractivity contribution is -0.145. The van der Waals surface area contributed by atoms with Gasteiger partial charge in [0.1, 0.15) is 5.75 Å². The van der Waals surface area contributed by atoms with Crippen LogP contribution >= 0.6 is 0 Å². The van der Waals surface area contributed by atoms with Crippen LogP contribution in [0.25, 0.3) is 0 Å². The van der Waals surface area contributed by atoms with Crippen LogP contribution in [0.5, 0.6) is 5.75 Å². The Labute approximate surface area is 122 Å². The largest absolute Gasteiger partial charge is 0.507 e. The van der Waals surface area contributed by atoms with Crippen LogP contribution in [0.2, 0.25) is 0 Å². The zero-order chi connectivity index (χ0) is 15.3. The van der Waals surface area contributed by atoms with E-state index in [0.717, 1.165) is 29.5 Å². The van der Waals surface area contributed by atoms with Crippen LogP contribution in [0, 0.1) is 19.8 Å². The average Bonchev–Trinajstić information content (AvgIpc) is 2.42. The minimum atomic E-state index is -0.301. The van der Waals surface area contributed by atoms with Gasteiger partial charge in [0.15, 0.2) is 0 Å². The fourth-order valence-electron chi connectivity index (χ4n) is 2.07. The van der Waals surface area contributed by atoms with Crippen molar-refractivity contribution in [3.8, 4) is 5.75 Å². The molecule has 3 heteroatoms. The third kappa shape index (κ3) is 4.26. The first-order chi connectivity index (χ1) is 9.36. The predicted octanol–water partition coefficient (Wildman–Crippen LogP) is 4.09. The Morgan fingerprint density at radius 2 is 1.80 bits per heavy atom. The van der Waals surface area contributed by atoms with Gasteiger partial charge in [-0.15, -0.1) is 0 Å². The van der Waals surface area contributed by atoms with Gasteiger partial charge in [0.25, 0.3) is 0 Å². The lowest BCUT2D eigenvalue weighted by Crippen LogP contribution is -2.15. The van der Waals surface area contributed by atoms with Crippen LogP contribution in [0.4, 0.5) is 0 Å². The molecule has 0 aromatic heterocycles. The molecule has 20 heavy (non-hydrogen) atoms. The van der Waals surface area contributed by atoms with E-state index in [4.69, 9.17) is 4.74 Å². The quantitative estimate of drug-likeness (QED) is 0.797. The fourth-order valence-corrected chi connectivity index (χ4v) is 2.07. The normalized spacial score (nSPS) is 13.8. The lowest BCUT2D eigenvalue weighted by Gasteiger charge is -2.15. The van der Waals surface area contributed by atoms with Gasteiger partial charge in [-0.1, -0.05) is 32.4 Å². The van der Waals surface area contributed by atoms with E-state index >= 15 is 0 Å². The number of hydrogen-bond donors (Lipinski definition) is 1. The highest BCUT2D eigenvalue weighted by Gasteiger charge is 2.18. The molecule has 1 aromatic carbocycles. The van der Waals surface area contributed by atoms with Crippen LogP contribution in [-0.2, 0) is 9.53 Å². The topological polar surface area (TPSA) is 46.5 Å². The van der Waals surface area contributed by atoms with Crippen LogP contribution in [0.15, 0.2) is 12.1 Å². The summed E-state index contributed by atoms with van der Waals surface area (Å²) in [5.74, 6) is 0.380. The number of hydrogen-bond acceptors (Lipinski definition) is 3. The molecular formula is C17H26O3. The predicted molar refractivity (Wildman–Crippen MR) is 81.0 cm³/mol. The van der Waals surface area contributed by atoms with Gasteiger partial charge in [-0.2, -0.15) is 0 Å². The van der Waals surface area contributed by atoms with Gasteiger partial charge in [-0.25, -0.2) is 0 Å². The molecule has 0 aliphatic heterocycles. The molecule has 0 radical (unpaired) electrons. The second kappa shape index (κ2) is 7.32. The van der Waals surface area contributed by atoms with E-state index in [1.807, 2.05) is 32.9 Å². The van der Waals surface area contributed by atoms with Crippen molar-refractivity contribution >= 4 is 5.97 Å². The SMILES string of the molecule is CCC(C)CCOC(=O)C(C)c1cc(C)c(O)c(C)c1. The highest BCUT2D eigenvalue weighted by molar-refractivity contribution is 5.78. The average molecular weight is 278 g/mol. The molecular weight excluding hydrogens is 252 g/mol. The minimum absolute atomic E-state index is 0.196. The number of benzene rings is 1. The van der Waals surface area contributed by atoms with Crippen LogP contribution in [0.1, 0.15) is 56.2 Å². The van der Waals surface area contributed by atoms with Crippen molar-refractivity contribution in [2.24, 2.45) is 5.92 Å². The molecule has 0 saturated heterocycles. The maximum absolute atomic E-state index is 12.0. The summed E-state index contributed by atoms with van der Waals surface area (Å²) in [6, 6.07) is 3.70. The monoisotopic (exact) mass is 278 g/mol. The lowest BCUT2D eigenvalue weighted by atomic mass is 9.96. The van der Waals surface area contributed by atoms with Crippen molar-refractivity contribution in [1.29, 1.82) is 0 Å². The molecule has 0 spiro atoms. The molecule has 0 fully saturated rings. The van der Waals surface area contributed by atoms with E-state index < -0.39 is 0 Å². The zero-order valence-electron chi connectivity index (χ0n) is 13.2. The Morgan fingerprint density at radius 1 is 1.25 bits per heavy atom. The van der Waals surface area contributed by atoms with Crippen molar-refractivity contribution in [1.82, 2.24) is 0 Å². The van der Waals surface area contributed by atoms with Crippen LogP contribution in [0.3, 0.4) is 0 Å². The molecule has 0 heterocycles. The van der Waals surface area contributed by atoms with Gasteiger partial charge in [0.05, 0.1) is 12.5 Å². The summed E-state index contributed by atoms with van der Waals surface area (Å²) in [5, 5.41) is 9.76. The fraction of sp³-hybridized carbons (Fsp3) is 0.588. The van der Waals surface area contributed by atoms with Crippen LogP contribution in [-0.4, -0.2) is 17.7 Å². The summed E-state index contributed by atoms with van der Waals surface area (Å²) in [6.45, 7) is 10.3. The van der Waals surface area contributed by atoms with Crippen molar-refractivity contribution in [3.05, 3.63) is 28.8 Å². The molecule has 2 atom stereocenters. The highest BCUT2D eigenvalue weighted by atomic mass is 16.5. The molecule has 0 amide bonds. The first-order valence-corrected chi connectivity index (χ1v) is 7.33. The summed E-state index contributed by atoms with van der Waals surface area (Å²) in [6.07, 6.45) is 2.01. The zero-order valence-corrected chi connectivity index (χ0v) is 13.2. The summed E-state index contributed by atoms with van der Waals surface area (Å²) in [7, 11) is 0. The number of ether oxygens (including phenoxy) is 1. The maximum Gasteiger partial charge on any atom is 0.313 e. The maximum atomic E-state index is 12.0. The smallest absolute Gasteiger partial charge is 0.313 e. The Bertz CT molecular complexity index is 442. The van der Waals surface area contributed by atoms with Gasteiger partial charge in [0, 0.05) is 0 Å². The first kappa shape index (κ1) is 16.5. The molecule has 1 aromatic rings.